The van der Waals surface area contributed by atoms with Gasteiger partial charge in [-0.15, -0.1) is 0 Å². The molecule has 4 N–H and O–H groups in total. The number of nitroso groups, excluding NO2 is 1. The van der Waals surface area contributed by atoms with Crippen LogP contribution in [0.3, 0.4) is 0 Å². The second-order valence-electron chi connectivity index (χ2n) is 7.65. The SMILES string of the molecule is NCC1CCN(C2C(C3=CCNC3)CNC(c3ccc(Cl)cc3F)[N+]2=O)C1. The molecule has 2 saturated heterocycles. The van der Waals surface area contributed by atoms with Crippen molar-refractivity contribution in [3.63, 3.8) is 0 Å². The number of hydrogen-bond donors (Lipinski definition) is 3. The summed E-state index contributed by atoms with van der Waals surface area (Å²) in [5.74, 6) is 0.0250. The lowest BCUT2D eigenvalue weighted by molar-refractivity contribution is -0.668. The van der Waals surface area contributed by atoms with E-state index in [2.05, 4.69) is 21.6 Å². The summed E-state index contributed by atoms with van der Waals surface area (Å²) in [6.07, 6.45) is 2.12. The Morgan fingerprint density at radius 1 is 1.41 bits per heavy atom. The number of nitrogens with one attached hydrogen (secondary N) is 2. The van der Waals surface area contributed by atoms with Crippen LogP contribution in [0.15, 0.2) is 29.8 Å². The van der Waals surface area contributed by atoms with Crippen LogP contribution in [-0.4, -0.2) is 55.1 Å². The quantitative estimate of drug-likeness (QED) is 0.534. The molecule has 0 saturated carbocycles. The number of likely N-dealkylation sites (tertiary alicyclic amines) is 1. The molecule has 8 heteroatoms. The van der Waals surface area contributed by atoms with Gasteiger partial charge in [-0.05, 0) is 42.7 Å². The first-order valence-corrected chi connectivity index (χ1v) is 9.94. The van der Waals surface area contributed by atoms with Crippen molar-refractivity contribution < 1.29 is 9.15 Å². The third kappa shape index (κ3) is 3.67. The molecule has 0 aromatic heterocycles. The van der Waals surface area contributed by atoms with Gasteiger partial charge in [0.15, 0.2) is 0 Å². The van der Waals surface area contributed by atoms with Gasteiger partial charge in [0.1, 0.15) is 5.82 Å². The summed E-state index contributed by atoms with van der Waals surface area (Å²) >= 11 is 5.88. The van der Waals surface area contributed by atoms with Gasteiger partial charge >= 0.3 is 0 Å². The Kier molecular flexibility index (Phi) is 5.57. The minimum absolute atomic E-state index is 0.0700. The summed E-state index contributed by atoms with van der Waals surface area (Å²) in [6, 6.07) is 4.48. The molecule has 4 atom stereocenters. The lowest BCUT2D eigenvalue weighted by Crippen LogP contribution is -2.58. The fourth-order valence-electron chi connectivity index (χ4n) is 4.54. The fraction of sp³-hybridized carbons (Fsp3) is 0.579. The van der Waals surface area contributed by atoms with Crippen LogP contribution in [-0.2, 0) is 0 Å². The lowest BCUT2D eigenvalue weighted by atomic mass is 9.91. The van der Waals surface area contributed by atoms with Crippen molar-refractivity contribution >= 4 is 11.6 Å². The Morgan fingerprint density at radius 2 is 2.26 bits per heavy atom. The van der Waals surface area contributed by atoms with Gasteiger partial charge in [-0.1, -0.05) is 17.7 Å². The predicted molar refractivity (Wildman–Crippen MR) is 103 cm³/mol. The zero-order valence-corrected chi connectivity index (χ0v) is 16.0. The minimum Gasteiger partial charge on any atom is -0.330 e. The van der Waals surface area contributed by atoms with Crippen LogP contribution in [0, 0.1) is 22.6 Å². The molecule has 4 rings (SSSR count). The van der Waals surface area contributed by atoms with Crippen LogP contribution >= 0.6 is 11.6 Å². The van der Waals surface area contributed by atoms with E-state index in [4.69, 9.17) is 17.3 Å². The number of hydrogen-bond acceptors (Lipinski definition) is 5. The molecular weight excluding hydrogens is 369 g/mol. The van der Waals surface area contributed by atoms with E-state index in [1.807, 2.05) is 0 Å². The molecular formula is C19H26ClFN5O+. The largest absolute Gasteiger partial charge is 0.330 e. The Bertz CT molecular complexity index is 758. The van der Waals surface area contributed by atoms with Gasteiger partial charge in [-0.2, -0.15) is 0 Å². The van der Waals surface area contributed by atoms with Crippen molar-refractivity contribution in [2.24, 2.45) is 17.6 Å². The molecule has 0 amide bonds. The minimum atomic E-state index is -0.726. The fourth-order valence-corrected chi connectivity index (χ4v) is 4.70. The molecule has 3 aliphatic heterocycles. The molecule has 1 aromatic carbocycles. The highest BCUT2D eigenvalue weighted by atomic mass is 35.5. The second kappa shape index (κ2) is 7.93. The van der Waals surface area contributed by atoms with E-state index in [0.717, 1.165) is 37.4 Å². The number of nitrogens with two attached hydrogens (primary N) is 1. The van der Waals surface area contributed by atoms with Gasteiger partial charge < -0.3 is 11.1 Å². The molecule has 146 valence electrons. The number of halogens is 2. The van der Waals surface area contributed by atoms with Crippen LogP contribution in [0.5, 0.6) is 0 Å². The van der Waals surface area contributed by atoms with E-state index in [1.165, 1.54) is 11.6 Å². The van der Waals surface area contributed by atoms with Gasteiger partial charge in [-0.3, -0.25) is 5.32 Å². The third-order valence-electron chi connectivity index (χ3n) is 6.00. The van der Waals surface area contributed by atoms with E-state index in [0.29, 0.717) is 29.6 Å². The topological polar surface area (TPSA) is 73.4 Å². The first-order chi connectivity index (χ1) is 13.1. The van der Waals surface area contributed by atoms with Crippen molar-refractivity contribution in [3.8, 4) is 0 Å². The molecule has 0 radical (unpaired) electrons. The maximum Gasteiger partial charge on any atom is 0.285 e. The van der Waals surface area contributed by atoms with E-state index in [9.17, 15) is 9.30 Å². The van der Waals surface area contributed by atoms with Crippen molar-refractivity contribution in [1.29, 1.82) is 0 Å². The maximum absolute atomic E-state index is 14.5. The number of rotatable bonds is 4. The van der Waals surface area contributed by atoms with Crippen molar-refractivity contribution in [1.82, 2.24) is 15.5 Å². The molecule has 1 aromatic rings. The molecule has 0 bridgehead atoms. The van der Waals surface area contributed by atoms with Crippen molar-refractivity contribution in [2.45, 2.75) is 18.8 Å². The highest BCUT2D eigenvalue weighted by molar-refractivity contribution is 6.30. The average Bonchev–Trinajstić information content (AvgIpc) is 3.34. The molecule has 0 spiro atoms. The molecule has 4 unspecified atom stereocenters. The number of nitrogens with zero attached hydrogens (tertiary/aromatic N) is 2. The zero-order valence-electron chi connectivity index (χ0n) is 15.2. The maximum atomic E-state index is 14.5. The van der Waals surface area contributed by atoms with E-state index in [1.54, 1.807) is 12.1 Å². The van der Waals surface area contributed by atoms with Gasteiger partial charge in [0.25, 0.3) is 12.3 Å². The van der Waals surface area contributed by atoms with Crippen LogP contribution in [0.2, 0.25) is 5.02 Å². The average molecular weight is 395 g/mol. The van der Waals surface area contributed by atoms with Crippen LogP contribution in [0.25, 0.3) is 0 Å². The standard InChI is InChI=1S/C19H26ClFN5O/c20-14-1-2-15(17(21)7-14)18-24-10-16(13-3-5-23-9-13)19(26(18)27)25-6-4-12(8-22)11-25/h1-3,7,12,16,18-19,23-24H,4-6,8-11,22H2/q+1. The number of benzene rings is 1. The molecule has 0 aliphatic carbocycles. The molecule has 3 heterocycles. The molecule has 3 aliphatic rings. The summed E-state index contributed by atoms with van der Waals surface area (Å²) in [4.78, 5) is 15.7. The predicted octanol–water partition coefficient (Wildman–Crippen LogP) is 1.61. The zero-order chi connectivity index (χ0) is 19.0. The molecule has 2 fully saturated rings. The van der Waals surface area contributed by atoms with Gasteiger partial charge in [0.2, 0.25) is 0 Å². The van der Waals surface area contributed by atoms with Gasteiger partial charge in [0.05, 0.1) is 11.5 Å². The van der Waals surface area contributed by atoms with Crippen LogP contribution < -0.4 is 16.4 Å². The summed E-state index contributed by atoms with van der Waals surface area (Å²) in [5.41, 5.74) is 7.44. The van der Waals surface area contributed by atoms with Gasteiger partial charge in [0, 0.05) is 47.4 Å². The van der Waals surface area contributed by atoms with Crippen molar-refractivity contribution in [3.05, 3.63) is 51.2 Å². The highest BCUT2D eigenvalue weighted by Gasteiger charge is 2.51. The Morgan fingerprint density at radius 3 is 2.93 bits per heavy atom. The normalized spacial score (nSPS) is 32.1. The van der Waals surface area contributed by atoms with E-state index in [-0.39, 0.29) is 12.1 Å². The Labute approximate surface area is 163 Å². The van der Waals surface area contributed by atoms with E-state index < -0.39 is 12.0 Å². The monoisotopic (exact) mass is 394 g/mol. The smallest absolute Gasteiger partial charge is 0.285 e. The molecule has 6 nitrogen and oxygen atoms in total. The summed E-state index contributed by atoms with van der Waals surface area (Å²) in [7, 11) is 0. The van der Waals surface area contributed by atoms with E-state index >= 15 is 0 Å². The Balaban J connectivity index is 1.64. The third-order valence-corrected chi connectivity index (χ3v) is 6.24. The molecule has 27 heavy (non-hydrogen) atoms. The highest BCUT2D eigenvalue weighted by Crippen LogP contribution is 2.34. The van der Waals surface area contributed by atoms with Crippen LogP contribution in [0.4, 0.5) is 4.39 Å². The Hall–Kier alpha value is -1.38. The first-order valence-electron chi connectivity index (χ1n) is 9.56. The van der Waals surface area contributed by atoms with Crippen LogP contribution in [0.1, 0.15) is 18.2 Å². The lowest BCUT2D eigenvalue weighted by Gasteiger charge is -2.35. The summed E-state index contributed by atoms with van der Waals surface area (Å²) < 4.78 is 15.5. The summed E-state index contributed by atoms with van der Waals surface area (Å²) in [5, 5.41) is 6.91. The van der Waals surface area contributed by atoms with Gasteiger partial charge in [-0.25, -0.2) is 9.29 Å². The second-order valence-corrected chi connectivity index (χ2v) is 8.09. The first kappa shape index (κ1) is 19.0. The van der Waals surface area contributed by atoms with Crippen molar-refractivity contribution in [2.75, 3.05) is 39.3 Å². The summed E-state index contributed by atoms with van der Waals surface area (Å²) in [6.45, 7) is 4.55.